The van der Waals surface area contributed by atoms with E-state index in [0.29, 0.717) is 11.4 Å². The summed E-state index contributed by atoms with van der Waals surface area (Å²) in [7, 11) is -1.71. The van der Waals surface area contributed by atoms with E-state index in [1.165, 1.54) is 17.7 Å². The quantitative estimate of drug-likeness (QED) is 0.522. The number of urea groups is 1. The average Bonchev–Trinajstić information content (AvgIpc) is 3.13. The van der Waals surface area contributed by atoms with Crippen LogP contribution in [0.15, 0.2) is 77.7 Å². The highest BCUT2D eigenvalue weighted by Crippen LogP contribution is 2.26. The van der Waals surface area contributed by atoms with Gasteiger partial charge in [-0.3, -0.25) is 9.62 Å². The van der Waals surface area contributed by atoms with Crippen LogP contribution in [0.4, 0.5) is 16.2 Å². The van der Waals surface area contributed by atoms with Gasteiger partial charge in [0.05, 0.1) is 10.9 Å². The second-order valence-corrected chi connectivity index (χ2v) is 9.70. The predicted molar refractivity (Wildman–Crippen MR) is 126 cm³/mol. The van der Waals surface area contributed by atoms with Crippen LogP contribution in [0.5, 0.6) is 0 Å². The maximum atomic E-state index is 12.8. The number of benzene rings is 3. The Balaban J connectivity index is 1.38. The fourth-order valence-electron chi connectivity index (χ4n) is 3.75. The van der Waals surface area contributed by atoms with Crippen LogP contribution in [0, 0.1) is 0 Å². The van der Waals surface area contributed by atoms with Gasteiger partial charge in [-0.2, -0.15) is 0 Å². The third-order valence-electron chi connectivity index (χ3n) is 5.41. The van der Waals surface area contributed by atoms with Crippen molar-refractivity contribution >= 4 is 27.4 Å². The minimum atomic E-state index is -3.74. The Hall–Kier alpha value is -3.36. The van der Waals surface area contributed by atoms with Crippen LogP contribution in [0.1, 0.15) is 29.7 Å². The molecular weight excluding hydrogens is 424 g/mol. The maximum Gasteiger partial charge on any atom is 0.319 e. The third-order valence-corrected chi connectivity index (χ3v) is 6.81. The third kappa shape index (κ3) is 5.09. The molecule has 1 unspecified atom stereocenters. The molecule has 2 amide bonds. The van der Waals surface area contributed by atoms with E-state index >= 15 is 0 Å². The molecule has 166 valence electrons. The molecule has 0 fully saturated rings. The molecule has 3 aromatic carbocycles. The van der Waals surface area contributed by atoms with Crippen molar-refractivity contribution in [2.24, 2.45) is 0 Å². The summed E-state index contributed by atoms with van der Waals surface area (Å²) in [5.74, 6) is 0. The van der Waals surface area contributed by atoms with E-state index in [1.54, 1.807) is 18.2 Å². The highest BCUT2D eigenvalue weighted by Gasteiger charge is 2.19. The number of carbonyl (C=O) groups is 1. The van der Waals surface area contributed by atoms with E-state index in [1.807, 2.05) is 56.4 Å². The van der Waals surface area contributed by atoms with Crippen molar-refractivity contribution in [3.05, 3.63) is 89.5 Å². The molecule has 0 aliphatic carbocycles. The lowest BCUT2D eigenvalue weighted by Gasteiger charge is -2.15. The Morgan fingerprint density at radius 3 is 2.28 bits per heavy atom. The van der Waals surface area contributed by atoms with Gasteiger partial charge in [-0.25, -0.2) is 13.2 Å². The lowest BCUT2D eigenvalue weighted by Crippen LogP contribution is -2.31. The SMILES string of the molecule is CC(NC(=O)Nc1ccc(S(=O)(=O)Nc2ccc3c(c2)CN(C)C3)cc1)c1ccccc1. The summed E-state index contributed by atoms with van der Waals surface area (Å²) >= 11 is 0. The minimum Gasteiger partial charge on any atom is -0.331 e. The smallest absolute Gasteiger partial charge is 0.319 e. The maximum absolute atomic E-state index is 12.8. The van der Waals surface area contributed by atoms with Gasteiger partial charge in [0, 0.05) is 24.5 Å². The van der Waals surface area contributed by atoms with E-state index in [9.17, 15) is 13.2 Å². The van der Waals surface area contributed by atoms with Gasteiger partial charge in [0.2, 0.25) is 0 Å². The first-order valence-corrected chi connectivity index (χ1v) is 11.8. The van der Waals surface area contributed by atoms with E-state index < -0.39 is 10.0 Å². The molecule has 4 rings (SSSR count). The number of hydrogen-bond acceptors (Lipinski definition) is 4. The summed E-state index contributed by atoms with van der Waals surface area (Å²) in [5, 5.41) is 5.60. The second kappa shape index (κ2) is 9.02. The van der Waals surface area contributed by atoms with Crippen LogP contribution in [0.2, 0.25) is 0 Å². The number of amides is 2. The largest absolute Gasteiger partial charge is 0.331 e. The highest BCUT2D eigenvalue weighted by atomic mass is 32.2. The molecule has 3 N–H and O–H groups in total. The predicted octanol–water partition coefficient (Wildman–Crippen LogP) is 4.32. The van der Waals surface area contributed by atoms with Gasteiger partial charge in [-0.05, 0) is 67.1 Å². The zero-order chi connectivity index (χ0) is 22.7. The van der Waals surface area contributed by atoms with Gasteiger partial charge < -0.3 is 10.6 Å². The summed E-state index contributed by atoms with van der Waals surface area (Å²) in [6.07, 6.45) is 0. The van der Waals surface area contributed by atoms with Crippen LogP contribution in [-0.2, 0) is 23.1 Å². The fraction of sp³-hybridized carbons (Fsp3) is 0.208. The molecule has 0 radical (unpaired) electrons. The van der Waals surface area contributed by atoms with Crippen LogP contribution in [-0.4, -0.2) is 26.4 Å². The number of anilines is 2. The molecule has 3 aromatic rings. The number of fused-ring (bicyclic) bond motifs is 1. The van der Waals surface area contributed by atoms with E-state index in [-0.39, 0.29) is 17.0 Å². The number of sulfonamides is 1. The van der Waals surface area contributed by atoms with Crippen molar-refractivity contribution in [2.45, 2.75) is 31.0 Å². The van der Waals surface area contributed by atoms with Crippen molar-refractivity contribution in [3.63, 3.8) is 0 Å². The van der Waals surface area contributed by atoms with Crippen LogP contribution >= 0.6 is 0 Å². The lowest BCUT2D eigenvalue weighted by molar-refractivity contribution is 0.249. The molecule has 1 aliphatic rings. The molecular formula is C24H26N4O3S. The average molecular weight is 451 g/mol. The highest BCUT2D eigenvalue weighted by molar-refractivity contribution is 7.92. The number of hydrogen-bond donors (Lipinski definition) is 3. The lowest BCUT2D eigenvalue weighted by atomic mass is 10.1. The van der Waals surface area contributed by atoms with Crippen molar-refractivity contribution < 1.29 is 13.2 Å². The first-order chi connectivity index (χ1) is 15.3. The van der Waals surface area contributed by atoms with Gasteiger partial charge in [0.15, 0.2) is 0 Å². The van der Waals surface area contributed by atoms with E-state index in [2.05, 4.69) is 20.3 Å². The zero-order valence-electron chi connectivity index (χ0n) is 18.0. The zero-order valence-corrected chi connectivity index (χ0v) is 18.8. The molecule has 0 aromatic heterocycles. The first-order valence-electron chi connectivity index (χ1n) is 10.4. The molecule has 0 bridgehead atoms. The molecule has 0 saturated carbocycles. The number of rotatable bonds is 6. The van der Waals surface area contributed by atoms with Gasteiger partial charge in [-0.1, -0.05) is 36.4 Å². The molecule has 1 aliphatic heterocycles. The van der Waals surface area contributed by atoms with Crippen molar-refractivity contribution in [3.8, 4) is 0 Å². The summed E-state index contributed by atoms with van der Waals surface area (Å²) in [5.41, 5.74) is 4.37. The van der Waals surface area contributed by atoms with Gasteiger partial charge in [0.1, 0.15) is 0 Å². The summed E-state index contributed by atoms with van der Waals surface area (Å²) < 4.78 is 28.2. The van der Waals surface area contributed by atoms with Gasteiger partial charge in [0.25, 0.3) is 10.0 Å². The molecule has 1 atom stereocenters. The Morgan fingerprint density at radius 2 is 1.56 bits per heavy atom. The van der Waals surface area contributed by atoms with Crippen LogP contribution < -0.4 is 15.4 Å². The van der Waals surface area contributed by atoms with Crippen LogP contribution in [0.3, 0.4) is 0 Å². The number of carbonyl (C=O) groups excluding carboxylic acids is 1. The molecule has 0 spiro atoms. The topological polar surface area (TPSA) is 90.5 Å². The number of nitrogens with one attached hydrogen (secondary N) is 3. The van der Waals surface area contributed by atoms with E-state index in [0.717, 1.165) is 24.2 Å². The summed E-state index contributed by atoms with van der Waals surface area (Å²) in [6.45, 7) is 3.57. The monoisotopic (exact) mass is 450 g/mol. The Labute approximate surface area is 188 Å². The summed E-state index contributed by atoms with van der Waals surface area (Å²) in [6, 6.07) is 20.8. The first kappa shape index (κ1) is 21.9. The van der Waals surface area contributed by atoms with Crippen LogP contribution in [0.25, 0.3) is 0 Å². The second-order valence-electron chi connectivity index (χ2n) is 8.02. The molecule has 32 heavy (non-hydrogen) atoms. The Bertz CT molecular complexity index is 1210. The summed E-state index contributed by atoms with van der Waals surface area (Å²) in [4.78, 5) is 14.6. The number of nitrogens with zero attached hydrogens (tertiary/aromatic N) is 1. The van der Waals surface area contributed by atoms with Crippen molar-refractivity contribution in [1.29, 1.82) is 0 Å². The Kier molecular flexibility index (Phi) is 6.16. The molecule has 1 heterocycles. The van der Waals surface area contributed by atoms with Crippen molar-refractivity contribution in [2.75, 3.05) is 17.1 Å². The Morgan fingerprint density at radius 1 is 0.906 bits per heavy atom. The minimum absolute atomic E-state index is 0.124. The van der Waals surface area contributed by atoms with E-state index in [4.69, 9.17) is 0 Å². The molecule has 8 heteroatoms. The van der Waals surface area contributed by atoms with Crippen molar-refractivity contribution in [1.82, 2.24) is 10.2 Å². The molecule has 0 saturated heterocycles. The normalized spacial score (nSPS) is 14.4. The van der Waals surface area contributed by atoms with Gasteiger partial charge in [-0.15, -0.1) is 0 Å². The molecule has 7 nitrogen and oxygen atoms in total. The van der Waals surface area contributed by atoms with Gasteiger partial charge >= 0.3 is 6.03 Å². The fourth-order valence-corrected chi connectivity index (χ4v) is 4.80. The standard InChI is InChI=1S/C24H26N4O3S/c1-17(18-6-4-3-5-7-18)25-24(29)26-21-10-12-23(13-11-21)32(30,31)27-22-9-8-19-15-28(2)16-20(19)14-22/h3-14,17,27H,15-16H2,1-2H3,(H2,25,26,29).